The minimum absolute atomic E-state index is 0.0985. The standard InChI is InChI=1S/C21H29N5O/c1-24-13-18-6-5-16(10-19(18)14-24)12-25(2)21(27)15-26-20(7-9-23-26)17-4-3-8-22-11-17/h5-7,9-10,17,22H,3-4,8,11-15H2,1-2H3. The molecule has 1 aromatic heterocycles. The minimum Gasteiger partial charge on any atom is -0.340 e. The van der Waals surface area contributed by atoms with E-state index in [0.717, 1.165) is 32.6 Å². The first kappa shape index (κ1) is 18.2. The van der Waals surface area contributed by atoms with Crippen molar-refractivity contribution in [3.8, 4) is 0 Å². The largest absolute Gasteiger partial charge is 0.340 e. The van der Waals surface area contributed by atoms with Gasteiger partial charge in [0.15, 0.2) is 0 Å². The second kappa shape index (κ2) is 7.82. The lowest BCUT2D eigenvalue weighted by atomic mass is 9.96. The number of fused-ring (bicyclic) bond motifs is 1. The highest BCUT2D eigenvalue weighted by atomic mass is 16.2. The summed E-state index contributed by atoms with van der Waals surface area (Å²) < 4.78 is 1.88. The molecule has 0 radical (unpaired) electrons. The third-order valence-corrected chi connectivity index (χ3v) is 5.75. The SMILES string of the molecule is CN1Cc2ccc(CN(C)C(=O)Cn3nccc3C3CCCNC3)cc2C1. The summed E-state index contributed by atoms with van der Waals surface area (Å²) in [6.07, 6.45) is 4.15. The second-order valence-electron chi connectivity index (χ2n) is 7.98. The lowest BCUT2D eigenvalue weighted by Gasteiger charge is -2.24. The molecule has 1 unspecified atom stereocenters. The van der Waals surface area contributed by atoms with Crippen molar-refractivity contribution in [3.63, 3.8) is 0 Å². The van der Waals surface area contributed by atoms with E-state index >= 15 is 0 Å². The summed E-state index contributed by atoms with van der Waals surface area (Å²) >= 11 is 0. The van der Waals surface area contributed by atoms with Crippen molar-refractivity contribution in [3.05, 3.63) is 52.8 Å². The molecule has 0 bridgehead atoms. The smallest absolute Gasteiger partial charge is 0.244 e. The van der Waals surface area contributed by atoms with Crippen LogP contribution in [0.5, 0.6) is 0 Å². The fourth-order valence-electron chi connectivity index (χ4n) is 4.25. The van der Waals surface area contributed by atoms with Crippen molar-refractivity contribution in [1.29, 1.82) is 0 Å². The normalized spacial score (nSPS) is 19.9. The molecule has 0 aliphatic carbocycles. The van der Waals surface area contributed by atoms with Gasteiger partial charge in [-0.3, -0.25) is 14.4 Å². The Morgan fingerprint density at radius 3 is 2.96 bits per heavy atom. The van der Waals surface area contributed by atoms with Crippen molar-refractivity contribution in [2.75, 3.05) is 27.2 Å². The van der Waals surface area contributed by atoms with E-state index in [2.05, 4.69) is 46.6 Å². The van der Waals surface area contributed by atoms with E-state index in [-0.39, 0.29) is 5.91 Å². The van der Waals surface area contributed by atoms with E-state index in [4.69, 9.17) is 0 Å². The number of hydrogen-bond donors (Lipinski definition) is 1. The number of hydrogen-bond acceptors (Lipinski definition) is 4. The lowest BCUT2D eigenvalue weighted by molar-refractivity contribution is -0.131. The lowest BCUT2D eigenvalue weighted by Crippen LogP contribution is -2.33. The number of amides is 1. The molecular formula is C21H29N5O. The molecule has 27 heavy (non-hydrogen) atoms. The van der Waals surface area contributed by atoms with Crippen LogP contribution in [0.1, 0.15) is 41.1 Å². The monoisotopic (exact) mass is 367 g/mol. The van der Waals surface area contributed by atoms with Crippen LogP contribution in [0.3, 0.4) is 0 Å². The van der Waals surface area contributed by atoms with Gasteiger partial charge >= 0.3 is 0 Å². The Bertz CT molecular complexity index is 809. The van der Waals surface area contributed by atoms with Crippen LogP contribution in [0, 0.1) is 0 Å². The van der Waals surface area contributed by atoms with Crippen molar-refractivity contribution >= 4 is 5.91 Å². The summed E-state index contributed by atoms with van der Waals surface area (Å²) in [5.74, 6) is 0.550. The summed E-state index contributed by atoms with van der Waals surface area (Å²) in [6, 6.07) is 8.65. The fraction of sp³-hybridized carbons (Fsp3) is 0.524. The zero-order valence-electron chi connectivity index (χ0n) is 16.3. The van der Waals surface area contributed by atoms with Crippen LogP contribution in [0.2, 0.25) is 0 Å². The number of carbonyl (C=O) groups is 1. The van der Waals surface area contributed by atoms with E-state index in [1.165, 1.54) is 28.8 Å². The zero-order chi connectivity index (χ0) is 18.8. The number of carbonyl (C=O) groups excluding carboxylic acids is 1. The molecule has 2 aliphatic heterocycles. The first-order valence-corrected chi connectivity index (χ1v) is 9.86. The Hall–Kier alpha value is -2.18. The topological polar surface area (TPSA) is 53.4 Å². The van der Waals surface area contributed by atoms with Crippen molar-refractivity contribution in [2.45, 2.75) is 44.9 Å². The molecule has 1 N–H and O–H groups in total. The van der Waals surface area contributed by atoms with Gasteiger partial charge in [-0.2, -0.15) is 5.10 Å². The maximum atomic E-state index is 12.8. The molecule has 0 spiro atoms. The molecule has 0 saturated carbocycles. The van der Waals surface area contributed by atoms with Crippen molar-refractivity contribution in [2.24, 2.45) is 0 Å². The maximum absolute atomic E-state index is 12.8. The zero-order valence-corrected chi connectivity index (χ0v) is 16.3. The molecule has 1 amide bonds. The second-order valence-corrected chi connectivity index (χ2v) is 7.98. The minimum atomic E-state index is 0.0985. The first-order chi connectivity index (χ1) is 13.1. The van der Waals surface area contributed by atoms with Crippen molar-refractivity contribution in [1.82, 2.24) is 24.9 Å². The number of piperidine rings is 1. The summed E-state index contributed by atoms with van der Waals surface area (Å²) in [6.45, 7) is 5.01. The summed E-state index contributed by atoms with van der Waals surface area (Å²) in [4.78, 5) is 16.9. The molecule has 6 nitrogen and oxygen atoms in total. The maximum Gasteiger partial charge on any atom is 0.244 e. The number of rotatable bonds is 5. The van der Waals surface area contributed by atoms with Gasteiger partial charge in [-0.05, 0) is 49.2 Å². The van der Waals surface area contributed by atoms with Crippen LogP contribution in [-0.2, 0) is 31.0 Å². The third kappa shape index (κ3) is 4.06. The van der Waals surface area contributed by atoms with E-state index in [1.807, 2.05) is 22.8 Å². The molecule has 1 fully saturated rings. The molecule has 6 heteroatoms. The first-order valence-electron chi connectivity index (χ1n) is 9.86. The number of nitrogens with one attached hydrogen (secondary N) is 1. The van der Waals surface area contributed by atoms with Gasteiger partial charge in [0.2, 0.25) is 5.91 Å². The predicted molar refractivity (Wildman–Crippen MR) is 105 cm³/mol. The Kier molecular flexibility index (Phi) is 5.27. The Morgan fingerprint density at radius 1 is 1.30 bits per heavy atom. The molecular weight excluding hydrogens is 338 g/mol. The van der Waals surface area contributed by atoms with Gasteiger partial charge in [-0.25, -0.2) is 0 Å². The van der Waals surface area contributed by atoms with E-state index in [1.54, 1.807) is 0 Å². The highest BCUT2D eigenvalue weighted by Gasteiger charge is 2.21. The summed E-state index contributed by atoms with van der Waals surface area (Å²) in [5, 5.41) is 7.85. The fourth-order valence-corrected chi connectivity index (χ4v) is 4.25. The Morgan fingerprint density at radius 2 is 2.15 bits per heavy atom. The van der Waals surface area contributed by atoms with Gasteiger partial charge < -0.3 is 10.2 Å². The van der Waals surface area contributed by atoms with Gasteiger partial charge in [0, 0.05) is 51.0 Å². The average molecular weight is 367 g/mol. The van der Waals surface area contributed by atoms with Crippen LogP contribution in [-0.4, -0.2) is 52.7 Å². The highest BCUT2D eigenvalue weighted by molar-refractivity contribution is 5.75. The molecule has 2 aromatic rings. The highest BCUT2D eigenvalue weighted by Crippen LogP contribution is 2.24. The molecule has 144 valence electrons. The van der Waals surface area contributed by atoms with Gasteiger partial charge in [0.05, 0.1) is 0 Å². The van der Waals surface area contributed by atoms with Crippen LogP contribution >= 0.6 is 0 Å². The quantitative estimate of drug-likeness (QED) is 0.878. The van der Waals surface area contributed by atoms with Crippen LogP contribution in [0.4, 0.5) is 0 Å². The van der Waals surface area contributed by atoms with E-state index < -0.39 is 0 Å². The molecule has 1 aromatic carbocycles. The Labute approximate surface area is 161 Å². The molecule has 3 heterocycles. The Balaban J connectivity index is 1.39. The number of benzene rings is 1. The number of aromatic nitrogens is 2. The van der Waals surface area contributed by atoms with Gasteiger partial charge in [0.1, 0.15) is 6.54 Å². The van der Waals surface area contributed by atoms with Crippen LogP contribution < -0.4 is 5.32 Å². The molecule has 4 rings (SSSR count). The molecule has 1 atom stereocenters. The third-order valence-electron chi connectivity index (χ3n) is 5.75. The van der Waals surface area contributed by atoms with Gasteiger partial charge in [-0.15, -0.1) is 0 Å². The van der Waals surface area contributed by atoms with Crippen LogP contribution in [0.15, 0.2) is 30.5 Å². The summed E-state index contributed by atoms with van der Waals surface area (Å²) in [7, 11) is 4.02. The van der Waals surface area contributed by atoms with E-state index in [0.29, 0.717) is 19.0 Å². The molecule has 2 aliphatic rings. The molecule has 1 saturated heterocycles. The van der Waals surface area contributed by atoms with Gasteiger partial charge in [-0.1, -0.05) is 18.2 Å². The van der Waals surface area contributed by atoms with Crippen LogP contribution in [0.25, 0.3) is 0 Å². The summed E-state index contributed by atoms with van der Waals surface area (Å²) in [5.41, 5.74) is 5.15. The van der Waals surface area contributed by atoms with Gasteiger partial charge in [0.25, 0.3) is 0 Å². The number of likely N-dealkylation sites (N-methyl/N-ethyl adjacent to an activating group) is 1. The van der Waals surface area contributed by atoms with E-state index in [9.17, 15) is 4.79 Å². The predicted octanol–water partition coefficient (Wildman–Crippen LogP) is 1.95. The average Bonchev–Trinajstić information content (AvgIpc) is 3.27. The number of nitrogens with zero attached hydrogens (tertiary/aromatic N) is 4. The van der Waals surface area contributed by atoms with Crippen molar-refractivity contribution < 1.29 is 4.79 Å².